The molecule has 1 N–H and O–H groups in total. The van der Waals surface area contributed by atoms with E-state index in [1.54, 1.807) is 0 Å². The SMILES string of the molecule is CCCCC(CC)COCC1(CC(=O)O)CC1. The molecule has 0 amide bonds. The molecule has 1 fully saturated rings. The van der Waals surface area contributed by atoms with Crippen LogP contribution in [-0.2, 0) is 9.53 Å². The molecule has 1 aliphatic rings. The van der Waals surface area contributed by atoms with Crippen molar-refractivity contribution in [1.29, 1.82) is 0 Å². The Kier molecular flexibility index (Phi) is 5.96. The second-order valence-corrected chi connectivity index (χ2v) is 5.50. The van der Waals surface area contributed by atoms with Crippen LogP contribution in [0.2, 0.25) is 0 Å². The molecule has 1 rings (SSSR count). The third kappa shape index (κ3) is 5.53. The number of hydrogen-bond acceptors (Lipinski definition) is 2. The number of carbonyl (C=O) groups is 1. The van der Waals surface area contributed by atoms with Gasteiger partial charge in [0.1, 0.15) is 0 Å². The van der Waals surface area contributed by atoms with E-state index in [-0.39, 0.29) is 11.8 Å². The summed E-state index contributed by atoms with van der Waals surface area (Å²) >= 11 is 0. The fourth-order valence-corrected chi connectivity index (χ4v) is 2.21. The molecule has 0 saturated heterocycles. The standard InChI is InChI=1S/C14H26O3/c1-3-5-6-12(4-2)10-17-11-14(7-8-14)9-13(15)16/h12H,3-11H2,1-2H3,(H,15,16). The van der Waals surface area contributed by atoms with Crippen molar-refractivity contribution in [2.45, 2.75) is 58.8 Å². The largest absolute Gasteiger partial charge is 0.481 e. The van der Waals surface area contributed by atoms with Crippen molar-refractivity contribution in [2.24, 2.45) is 11.3 Å². The average molecular weight is 242 g/mol. The lowest BCUT2D eigenvalue weighted by Crippen LogP contribution is -2.18. The van der Waals surface area contributed by atoms with Gasteiger partial charge in [-0.15, -0.1) is 0 Å². The summed E-state index contributed by atoms with van der Waals surface area (Å²) in [7, 11) is 0. The van der Waals surface area contributed by atoms with E-state index in [0.29, 0.717) is 12.5 Å². The van der Waals surface area contributed by atoms with Crippen LogP contribution in [0.1, 0.15) is 58.8 Å². The summed E-state index contributed by atoms with van der Waals surface area (Å²) in [6.07, 6.45) is 7.21. The zero-order chi connectivity index (χ0) is 12.7. The van der Waals surface area contributed by atoms with E-state index in [0.717, 1.165) is 25.9 Å². The first kappa shape index (κ1) is 14.5. The van der Waals surface area contributed by atoms with Gasteiger partial charge in [0.25, 0.3) is 0 Å². The van der Waals surface area contributed by atoms with Gasteiger partial charge >= 0.3 is 5.97 Å². The minimum atomic E-state index is -0.691. The van der Waals surface area contributed by atoms with Crippen molar-refractivity contribution in [3.63, 3.8) is 0 Å². The molecule has 1 unspecified atom stereocenters. The van der Waals surface area contributed by atoms with Gasteiger partial charge in [-0.25, -0.2) is 0 Å². The fourth-order valence-electron chi connectivity index (χ4n) is 2.21. The lowest BCUT2D eigenvalue weighted by Gasteiger charge is -2.18. The molecule has 0 bridgehead atoms. The topological polar surface area (TPSA) is 46.5 Å². The molecular weight excluding hydrogens is 216 g/mol. The molecule has 1 saturated carbocycles. The van der Waals surface area contributed by atoms with E-state index in [4.69, 9.17) is 9.84 Å². The molecule has 0 aromatic heterocycles. The Morgan fingerprint density at radius 1 is 1.41 bits per heavy atom. The Labute approximate surface area is 105 Å². The second-order valence-electron chi connectivity index (χ2n) is 5.50. The first-order chi connectivity index (χ1) is 8.12. The number of rotatable bonds is 10. The van der Waals surface area contributed by atoms with Gasteiger partial charge in [0, 0.05) is 12.0 Å². The van der Waals surface area contributed by atoms with Crippen molar-refractivity contribution in [1.82, 2.24) is 0 Å². The Bertz CT molecular complexity index is 234. The lowest BCUT2D eigenvalue weighted by atomic mass is 10.00. The molecular formula is C14H26O3. The molecule has 1 aliphatic carbocycles. The number of hydrogen-bond donors (Lipinski definition) is 1. The van der Waals surface area contributed by atoms with Crippen molar-refractivity contribution in [2.75, 3.05) is 13.2 Å². The monoisotopic (exact) mass is 242 g/mol. The zero-order valence-electron chi connectivity index (χ0n) is 11.2. The summed E-state index contributed by atoms with van der Waals surface area (Å²) in [5.41, 5.74) is -0.0190. The maximum absolute atomic E-state index is 10.7. The van der Waals surface area contributed by atoms with Gasteiger partial charge < -0.3 is 9.84 Å². The summed E-state index contributed by atoms with van der Waals surface area (Å²) < 4.78 is 5.75. The fraction of sp³-hybridized carbons (Fsp3) is 0.929. The molecule has 3 heteroatoms. The minimum absolute atomic E-state index is 0.0190. The summed E-state index contributed by atoms with van der Waals surface area (Å²) in [6, 6.07) is 0. The van der Waals surface area contributed by atoms with E-state index >= 15 is 0 Å². The normalized spacial score (nSPS) is 18.9. The quantitative estimate of drug-likeness (QED) is 0.638. The smallest absolute Gasteiger partial charge is 0.303 e. The third-order valence-electron chi connectivity index (χ3n) is 3.79. The first-order valence-electron chi connectivity index (χ1n) is 6.91. The Morgan fingerprint density at radius 3 is 2.59 bits per heavy atom. The highest BCUT2D eigenvalue weighted by molar-refractivity contribution is 5.68. The molecule has 0 radical (unpaired) electrons. The van der Waals surface area contributed by atoms with Crippen LogP contribution < -0.4 is 0 Å². The van der Waals surface area contributed by atoms with E-state index < -0.39 is 5.97 Å². The molecule has 3 nitrogen and oxygen atoms in total. The molecule has 0 aromatic carbocycles. The average Bonchev–Trinajstić information content (AvgIpc) is 3.02. The van der Waals surface area contributed by atoms with Crippen molar-refractivity contribution < 1.29 is 14.6 Å². The van der Waals surface area contributed by atoms with E-state index in [9.17, 15) is 4.79 Å². The molecule has 0 heterocycles. The van der Waals surface area contributed by atoms with E-state index in [1.165, 1.54) is 19.3 Å². The van der Waals surface area contributed by atoms with Crippen LogP contribution >= 0.6 is 0 Å². The molecule has 100 valence electrons. The van der Waals surface area contributed by atoms with Crippen molar-refractivity contribution >= 4 is 5.97 Å². The second kappa shape index (κ2) is 7.00. The van der Waals surface area contributed by atoms with Gasteiger partial charge in [0.15, 0.2) is 0 Å². The molecule has 0 aliphatic heterocycles. The Morgan fingerprint density at radius 2 is 2.12 bits per heavy atom. The van der Waals surface area contributed by atoms with Gasteiger partial charge in [0.2, 0.25) is 0 Å². The summed E-state index contributed by atoms with van der Waals surface area (Å²) in [5, 5.41) is 8.80. The highest BCUT2D eigenvalue weighted by Crippen LogP contribution is 2.49. The van der Waals surface area contributed by atoms with Gasteiger partial charge in [0.05, 0.1) is 13.0 Å². The molecule has 17 heavy (non-hydrogen) atoms. The number of carboxylic acids is 1. The van der Waals surface area contributed by atoms with Crippen molar-refractivity contribution in [3.05, 3.63) is 0 Å². The maximum Gasteiger partial charge on any atom is 0.303 e. The van der Waals surface area contributed by atoms with E-state index in [2.05, 4.69) is 13.8 Å². The van der Waals surface area contributed by atoms with Gasteiger partial charge in [-0.1, -0.05) is 33.1 Å². The van der Waals surface area contributed by atoms with Crippen LogP contribution in [0.5, 0.6) is 0 Å². The number of carboxylic acid groups (broad SMARTS) is 1. The van der Waals surface area contributed by atoms with Gasteiger partial charge in [-0.2, -0.15) is 0 Å². The number of unbranched alkanes of at least 4 members (excludes halogenated alkanes) is 1. The molecule has 0 aromatic rings. The predicted octanol–water partition coefficient (Wildman–Crippen LogP) is 3.47. The van der Waals surface area contributed by atoms with Crippen LogP contribution in [-0.4, -0.2) is 24.3 Å². The Balaban J connectivity index is 2.15. The van der Waals surface area contributed by atoms with Crippen LogP contribution in [0.3, 0.4) is 0 Å². The van der Waals surface area contributed by atoms with Gasteiger partial charge in [-0.05, 0) is 25.2 Å². The number of aliphatic carboxylic acids is 1. The highest BCUT2D eigenvalue weighted by atomic mass is 16.5. The molecule has 0 spiro atoms. The Hall–Kier alpha value is -0.570. The summed E-state index contributed by atoms with van der Waals surface area (Å²) in [5.74, 6) is -0.0419. The number of ether oxygens (including phenoxy) is 1. The summed E-state index contributed by atoms with van der Waals surface area (Å²) in [4.78, 5) is 10.7. The van der Waals surface area contributed by atoms with Crippen LogP contribution in [0, 0.1) is 11.3 Å². The molecule has 1 atom stereocenters. The van der Waals surface area contributed by atoms with Crippen LogP contribution in [0.25, 0.3) is 0 Å². The van der Waals surface area contributed by atoms with Crippen LogP contribution in [0.15, 0.2) is 0 Å². The van der Waals surface area contributed by atoms with E-state index in [1.807, 2.05) is 0 Å². The first-order valence-corrected chi connectivity index (χ1v) is 6.91. The van der Waals surface area contributed by atoms with Crippen molar-refractivity contribution in [3.8, 4) is 0 Å². The van der Waals surface area contributed by atoms with Crippen LogP contribution in [0.4, 0.5) is 0 Å². The third-order valence-corrected chi connectivity index (χ3v) is 3.79. The summed E-state index contributed by atoms with van der Waals surface area (Å²) in [6.45, 7) is 5.85. The predicted molar refractivity (Wildman–Crippen MR) is 68.0 cm³/mol. The minimum Gasteiger partial charge on any atom is -0.481 e. The lowest BCUT2D eigenvalue weighted by molar-refractivity contribution is -0.139. The van der Waals surface area contributed by atoms with Gasteiger partial charge in [-0.3, -0.25) is 4.79 Å². The maximum atomic E-state index is 10.7. The zero-order valence-corrected chi connectivity index (χ0v) is 11.2. The highest BCUT2D eigenvalue weighted by Gasteiger charge is 2.44.